The van der Waals surface area contributed by atoms with Crippen LogP contribution in [0.5, 0.6) is 0 Å². The summed E-state index contributed by atoms with van der Waals surface area (Å²) < 4.78 is 11.3. The average molecular weight is 429 g/mol. The Kier molecular flexibility index (Phi) is 22.6. The summed E-state index contributed by atoms with van der Waals surface area (Å²) in [6, 6.07) is 0. The molecule has 0 rings (SSSR count). The van der Waals surface area contributed by atoms with Crippen LogP contribution in [-0.4, -0.2) is 30.6 Å². The Labute approximate surface area is 187 Å². The van der Waals surface area contributed by atoms with E-state index in [1.54, 1.807) is 0 Å². The number of carboxylic acids is 1. The largest absolute Gasteiger partial charge is 0.481 e. The zero-order chi connectivity index (χ0) is 22.3. The lowest BCUT2D eigenvalue weighted by atomic mass is 9.96. The van der Waals surface area contributed by atoms with Crippen LogP contribution in [0.2, 0.25) is 0 Å². The fourth-order valence-corrected chi connectivity index (χ4v) is 3.89. The summed E-state index contributed by atoms with van der Waals surface area (Å²) in [4.78, 5) is 11.6. The molecule has 0 aromatic heterocycles. The number of aliphatic carboxylic acids is 1. The topological polar surface area (TPSA) is 55.8 Å². The van der Waals surface area contributed by atoms with Crippen molar-refractivity contribution in [1.82, 2.24) is 0 Å². The molecular formula is C26H52O4. The van der Waals surface area contributed by atoms with Crippen molar-refractivity contribution < 1.29 is 19.4 Å². The van der Waals surface area contributed by atoms with Gasteiger partial charge < -0.3 is 14.6 Å². The summed E-state index contributed by atoms with van der Waals surface area (Å²) in [5, 5.41) is 9.55. The highest BCUT2D eigenvalue weighted by Crippen LogP contribution is 2.20. The first kappa shape index (κ1) is 29.4. The zero-order valence-electron chi connectivity index (χ0n) is 20.5. The van der Waals surface area contributed by atoms with Gasteiger partial charge >= 0.3 is 5.97 Å². The molecule has 0 bridgehead atoms. The lowest BCUT2D eigenvalue weighted by Crippen LogP contribution is -2.26. The molecule has 0 spiro atoms. The fourth-order valence-electron chi connectivity index (χ4n) is 3.89. The lowest BCUT2D eigenvalue weighted by molar-refractivity contribution is -0.163. The van der Waals surface area contributed by atoms with Crippen LogP contribution < -0.4 is 0 Å². The summed E-state index contributed by atoms with van der Waals surface area (Å²) in [7, 11) is 0. The molecule has 4 nitrogen and oxygen atoms in total. The molecule has 0 aromatic carbocycles. The normalized spacial score (nSPS) is 13.4. The van der Waals surface area contributed by atoms with Crippen LogP contribution in [-0.2, 0) is 14.3 Å². The van der Waals surface area contributed by atoms with Crippen LogP contribution >= 0.6 is 0 Å². The summed E-state index contributed by atoms with van der Waals surface area (Å²) in [5.74, 6) is -1.08. The SMILES string of the molecule is CCCCCCCCCCCCCCCCC(CC(OCC)OCCCC)C(=O)O. The molecular weight excluding hydrogens is 376 g/mol. The average Bonchev–Trinajstić information content (AvgIpc) is 2.73. The van der Waals surface area contributed by atoms with Crippen molar-refractivity contribution in [2.45, 2.75) is 143 Å². The van der Waals surface area contributed by atoms with Gasteiger partial charge in [-0.2, -0.15) is 0 Å². The van der Waals surface area contributed by atoms with Gasteiger partial charge in [-0.25, -0.2) is 0 Å². The minimum absolute atomic E-state index is 0.361. The number of carboxylic acid groups (broad SMARTS) is 1. The quantitative estimate of drug-likeness (QED) is 0.124. The molecule has 0 fully saturated rings. The number of hydrogen-bond acceptors (Lipinski definition) is 3. The van der Waals surface area contributed by atoms with Crippen molar-refractivity contribution in [3.8, 4) is 0 Å². The highest BCUT2D eigenvalue weighted by molar-refractivity contribution is 5.69. The molecule has 0 saturated carbocycles. The fraction of sp³-hybridized carbons (Fsp3) is 0.962. The van der Waals surface area contributed by atoms with E-state index in [4.69, 9.17) is 9.47 Å². The highest BCUT2D eigenvalue weighted by atomic mass is 16.7. The Morgan fingerprint density at radius 1 is 0.667 bits per heavy atom. The predicted molar refractivity (Wildman–Crippen MR) is 127 cm³/mol. The molecule has 0 aliphatic heterocycles. The number of rotatable bonds is 24. The van der Waals surface area contributed by atoms with Crippen LogP contribution in [0.1, 0.15) is 136 Å². The maximum Gasteiger partial charge on any atom is 0.306 e. The van der Waals surface area contributed by atoms with E-state index in [0.29, 0.717) is 19.6 Å². The van der Waals surface area contributed by atoms with Crippen molar-refractivity contribution in [1.29, 1.82) is 0 Å². The molecule has 1 N–H and O–H groups in total. The standard InChI is InChI=1S/C26H52O4/c1-4-7-9-10-11-12-13-14-15-16-17-18-19-20-21-24(26(27)28)23-25(29-6-3)30-22-8-5-2/h24-25H,4-23H2,1-3H3,(H,27,28). The molecule has 0 saturated heterocycles. The first-order chi connectivity index (χ1) is 14.7. The van der Waals surface area contributed by atoms with Gasteiger partial charge in [0.2, 0.25) is 0 Å². The molecule has 30 heavy (non-hydrogen) atoms. The minimum atomic E-state index is -0.714. The Morgan fingerprint density at radius 2 is 1.13 bits per heavy atom. The van der Waals surface area contributed by atoms with E-state index in [9.17, 15) is 9.90 Å². The molecule has 4 heteroatoms. The second-order valence-corrected chi connectivity index (χ2v) is 8.76. The van der Waals surface area contributed by atoms with E-state index < -0.39 is 5.97 Å². The van der Waals surface area contributed by atoms with Gasteiger partial charge in [-0.15, -0.1) is 0 Å². The van der Waals surface area contributed by atoms with E-state index in [0.717, 1.165) is 32.1 Å². The van der Waals surface area contributed by atoms with Gasteiger partial charge in [0.15, 0.2) is 6.29 Å². The molecule has 2 unspecified atom stereocenters. The second-order valence-electron chi connectivity index (χ2n) is 8.76. The third-order valence-electron chi connectivity index (χ3n) is 5.89. The van der Waals surface area contributed by atoms with Gasteiger partial charge in [0.1, 0.15) is 0 Å². The third kappa shape index (κ3) is 19.4. The zero-order valence-corrected chi connectivity index (χ0v) is 20.5. The number of ether oxygens (including phenoxy) is 2. The molecule has 0 aromatic rings. The molecule has 0 aliphatic rings. The van der Waals surface area contributed by atoms with Crippen LogP contribution in [0.15, 0.2) is 0 Å². The molecule has 180 valence electrons. The molecule has 0 heterocycles. The van der Waals surface area contributed by atoms with Crippen molar-refractivity contribution in [3.05, 3.63) is 0 Å². The van der Waals surface area contributed by atoms with Crippen molar-refractivity contribution in [2.75, 3.05) is 13.2 Å². The summed E-state index contributed by atoms with van der Waals surface area (Å²) >= 11 is 0. The molecule has 0 radical (unpaired) electrons. The Hall–Kier alpha value is -0.610. The summed E-state index contributed by atoms with van der Waals surface area (Å²) in [6.45, 7) is 7.52. The van der Waals surface area contributed by atoms with Gasteiger partial charge in [-0.3, -0.25) is 4.79 Å². The highest BCUT2D eigenvalue weighted by Gasteiger charge is 2.23. The maximum absolute atomic E-state index is 11.6. The van der Waals surface area contributed by atoms with E-state index in [1.807, 2.05) is 6.92 Å². The van der Waals surface area contributed by atoms with E-state index >= 15 is 0 Å². The minimum Gasteiger partial charge on any atom is -0.481 e. The van der Waals surface area contributed by atoms with E-state index in [1.165, 1.54) is 77.0 Å². The molecule has 2 atom stereocenters. The Morgan fingerprint density at radius 3 is 1.57 bits per heavy atom. The van der Waals surface area contributed by atoms with Gasteiger partial charge in [0, 0.05) is 19.6 Å². The van der Waals surface area contributed by atoms with Crippen LogP contribution in [0.4, 0.5) is 0 Å². The number of unbranched alkanes of at least 4 members (excludes halogenated alkanes) is 14. The Bertz CT molecular complexity index is 359. The van der Waals surface area contributed by atoms with Crippen molar-refractivity contribution in [3.63, 3.8) is 0 Å². The van der Waals surface area contributed by atoms with Crippen molar-refractivity contribution in [2.24, 2.45) is 5.92 Å². The van der Waals surface area contributed by atoms with Gasteiger partial charge in [0.25, 0.3) is 0 Å². The summed E-state index contributed by atoms with van der Waals surface area (Å²) in [6.07, 6.45) is 21.4. The van der Waals surface area contributed by atoms with Crippen molar-refractivity contribution >= 4 is 5.97 Å². The number of carbonyl (C=O) groups is 1. The smallest absolute Gasteiger partial charge is 0.306 e. The van der Waals surface area contributed by atoms with E-state index in [2.05, 4.69) is 13.8 Å². The maximum atomic E-state index is 11.6. The van der Waals surface area contributed by atoms with Gasteiger partial charge in [-0.1, -0.05) is 110 Å². The van der Waals surface area contributed by atoms with Gasteiger partial charge in [-0.05, 0) is 19.8 Å². The lowest BCUT2D eigenvalue weighted by Gasteiger charge is -2.21. The van der Waals surface area contributed by atoms with Crippen LogP contribution in [0.3, 0.4) is 0 Å². The third-order valence-corrected chi connectivity index (χ3v) is 5.89. The first-order valence-electron chi connectivity index (χ1n) is 13.1. The van der Waals surface area contributed by atoms with Crippen LogP contribution in [0, 0.1) is 5.92 Å². The monoisotopic (exact) mass is 428 g/mol. The molecule has 0 amide bonds. The number of hydrogen-bond donors (Lipinski definition) is 1. The van der Waals surface area contributed by atoms with E-state index in [-0.39, 0.29) is 12.2 Å². The van der Waals surface area contributed by atoms with Crippen LogP contribution in [0.25, 0.3) is 0 Å². The Balaban J connectivity index is 3.70. The molecule has 0 aliphatic carbocycles. The van der Waals surface area contributed by atoms with Gasteiger partial charge in [0.05, 0.1) is 5.92 Å². The second kappa shape index (κ2) is 23.1. The predicted octanol–water partition coefficient (Wildman–Crippen LogP) is 8.13. The summed E-state index contributed by atoms with van der Waals surface area (Å²) in [5.41, 5.74) is 0. The first-order valence-corrected chi connectivity index (χ1v) is 13.1.